The van der Waals surface area contributed by atoms with Gasteiger partial charge in [-0.15, -0.1) is 0 Å². The molecule has 0 aromatic heterocycles. The Bertz CT molecular complexity index is 563. The number of nitrogens with one attached hydrogen (secondary N) is 1. The average molecular weight is 342 g/mol. The molecule has 0 bridgehead atoms. The number of carbonyl (C=O) groups is 2. The predicted octanol–water partition coefficient (Wildman–Crippen LogP) is 1.56. The second-order valence-corrected chi connectivity index (χ2v) is 9.05. The molecule has 3 rings (SSSR count). The molecule has 1 saturated heterocycles. The van der Waals surface area contributed by atoms with Crippen molar-refractivity contribution in [2.75, 3.05) is 6.54 Å². The van der Waals surface area contributed by atoms with E-state index in [4.69, 9.17) is 0 Å². The average Bonchev–Trinajstić information content (AvgIpc) is 3.26. The fourth-order valence-corrected chi connectivity index (χ4v) is 5.74. The largest absolute Gasteiger partial charge is 0.330 e. The van der Waals surface area contributed by atoms with E-state index >= 15 is 0 Å². The minimum atomic E-state index is -3.60. The van der Waals surface area contributed by atoms with E-state index in [2.05, 4.69) is 4.72 Å². The van der Waals surface area contributed by atoms with Crippen molar-refractivity contribution in [3.05, 3.63) is 0 Å². The predicted molar refractivity (Wildman–Crippen MR) is 86.0 cm³/mol. The van der Waals surface area contributed by atoms with Crippen LogP contribution in [0.25, 0.3) is 0 Å². The van der Waals surface area contributed by atoms with Crippen molar-refractivity contribution in [3.8, 4) is 0 Å². The van der Waals surface area contributed by atoms with E-state index in [9.17, 15) is 18.0 Å². The smallest absolute Gasteiger partial charge is 0.256 e. The Morgan fingerprint density at radius 2 is 1.48 bits per heavy atom. The minimum Gasteiger partial charge on any atom is -0.330 e. The van der Waals surface area contributed by atoms with Gasteiger partial charge in [0, 0.05) is 12.5 Å². The lowest BCUT2D eigenvalue weighted by Crippen LogP contribution is -2.50. The SMILES string of the molecule is O=C(NS(=O)(=O)C1CCCC1)C1CCCN1C(=O)C1CCCC1. The normalized spacial score (nSPS) is 26.8. The first kappa shape index (κ1) is 16.7. The van der Waals surface area contributed by atoms with Gasteiger partial charge in [0.1, 0.15) is 6.04 Å². The third-order valence-electron chi connectivity index (χ3n) is 5.53. The van der Waals surface area contributed by atoms with Crippen molar-refractivity contribution in [3.63, 3.8) is 0 Å². The number of hydrogen-bond acceptors (Lipinski definition) is 4. The molecule has 2 amide bonds. The van der Waals surface area contributed by atoms with E-state index in [1.54, 1.807) is 4.90 Å². The van der Waals surface area contributed by atoms with E-state index in [0.29, 0.717) is 25.8 Å². The number of hydrogen-bond donors (Lipinski definition) is 1. The zero-order chi connectivity index (χ0) is 16.4. The van der Waals surface area contributed by atoms with Gasteiger partial charge < -0.3 is 4.90 Å². The molecule has 1 N–H and O–H groups in total. The summed E-state index contributed by atoms with van der Waals surface area (Å²) in [5.74, 6) is -0.450. The van der Waals surface area contributed by atoms with Crippen LogP contribution in [-0.2, 0) is 19.6 Å². The van der Waals surface area contributed by atoms with E-state index in [0.717, 1.165) is 44.9 Å². The van der Waals surface area contributed by atoms with Gasteiger partial charge in [-0.05, 0) is 38.5 Å². The maximum atomic E-state index is 12.6. The monoisotopic (exact) mass is 342 g/mol. The summed E-state index contributed by atoms with van der Waals surface area (Å²) < 4.78 is 26.8. The summed E-state index contributed by atoms with van der Waals surface area (Å²) in [5.41, 5.74) is 0. The molecule has 7 heteroatoms. The highest BCUT2D eigenvalue weighted by molar-refractivity contribution is 7.90. The molecular weight excluding hydrogens is 316 g/mol. The minimum absolute atomic E-state index is 0.0230. The first-order valence-electron chi connectivity index (χ1n) is 8.85. The van der Waals surface area contributed by atoms with Crippen LogP contribution in [0.2, 0.25) is 0 Å². The van der Waals surface area contributed by atoms with Crippen LogP contribution in [0.3, 0.4) is 0 Å². The molecule has 3 fully saturated rings. The molecule has 0 aromatic rings. The number of carbonyl (C=O) groups excluding carboxylic acids is 2. The Balaban J connectivity index is 1.64. The highest BCUT2D eigenvalue weighted by Gasteiger charge is 2.40. The molecule has 130 valence electrons. The molecule has 0 radical (unpaired) electrons. The molecule has 2 saturated carbocycles. The Hall–Kier alpha value is -1.11. The van der Waals surface area contributed by atoms with Crippen molar-refractivity contribution in [1.29, 1.82) is 0 Å². The fourth-order valence-electron chi connectivity index (χ4n) is 4.20. The van der Waals surface area contributed by atoms with Gasteiger partial charge >= 0.3 is 0 Å². The highest BCUT2D eigenvalue weighted by atomic mass is 32.2. The summed E-state index contributed by atoms with van der Waals surface area (Å²) in [5, 5.41) is -0.452. The van der Waals surface area contributed by atoms with Crippen LogP contribution in [0.1, 0.15) is 64.2 Å². The standard InChI is InChI=1S/C16H26N2O4S/c19-15(17-23(21,22)13-8-3-4-9-13)14-10-5-11-18(14)16(20)12-6-1-2-7-12/h12-14H,1-11H2,(H,17,19). The van der Waals surface area contributed by atoms with Crippen LogP contribution in [0.4, 0.5) is 0 Å². The third-order valence-corrected chi connectivity index (χ3v) is 7.36. The van der Waals surface area contributed by atoms with E-state index in [1.165, 1.54) is 0 Å². The zero-order valence-electron chi connectivity index (χ0n) is 13.5. The van der Waals surface area contributed by atoms with Gasteiger partial charge in [-0.2, -0.15) is 0 Å². The Morgan fingerprint density at radius 1 is 0.870 bits per heavy atom. The molecule has 1 aliphatic heterocycles. The van der Waals surface area contributed by atoms with Gasteiger partial charge in [0.25, 0.3) is 5.91 Å². The molecule has 1 unspecified atom stereocenters. The molecule has 6 nitrogen and oxygen atoms in total. The number of rotatable bonds is 4. The van der Waals surface area contributed by atoms with Gasteiger partial charge in [-0.1, -0.05) is 25.7 Å². The van der Waals surface area contributed by atoms with Gasteiger partial charge in [0.05, 0.1) is 5.25 Å². The number of amides is 2. The number of sulfonamides is 1. The lowest BCUT2D eigenvalue weighted by Gasteiger charge is -2.27. The van der Waals surface area contributed by atoms with Gasteiger partial charge in [-0.25, -0.2) is 8.42 Å². The molecule has 1 atom stereocenters. The van der Waals surface area contributed by atoms with E-state index in [1.807, 2.05) is 0 Å². The van der Waals surface area contributed by atoms with Crippen LogP contribution in [0, 0.1) is 5.92 Å². The molecule has 23 heavy (non-hydrogen) atoms. The van der Waals surface area contributed by atoms with Crippen molar-refractivity contribution in [1.82, 2.24) is 9.62 Å². The molecule has 1 heterocycles. The van der Waals surface area contributed by atoms with Crippen molar-refractivity contribution >= 4 is 21.8 Å². The topological polar surface area (TPSA) is 83.6 Å². The maximum Gasteiger partial charge on any atom is 0.256 e. The number of likely N-dealkylation sites (tertiary alicyclic amines) is 1. The Morgan fingerprint density at radius 3 is 2.13 bits per heavy atom. The summed E-state index contributed by atoms with van der Waals surface area (Å²) >= 11 is 0. The molecule has 0 spiro atoms. The van der Waals surface area contributed by atoms with E-state index in [-0.39, 0.29) is 11.8 Å². The second-order valence-electron chi connectivity index (χ2n) is 7.09. The summed E-state index contributed by atoms with van der Waals surface area (Å²) in [7, 11) is -3.60. The quantitative estimate of drug-likeness (QED) is 0.840. The lowest BCUT2D eigenvalue weighted by atomic mass is 10.1. The molecular formula is C16H26N2O4S. The van der Waals surface area contributed by atoms with Crippen LogP contribution < -0.4 is 4.72 Å². The van der Waals surface area contributed by atoms with Crippen LogP contribution in [0.5, 0.6) is 0 Å². The summed E-state index contributed by atoms with van der Waals surface area (Å²) in [4.78, 5) is 26.7. The Labute approximate surface area is 138 Å². The van der Waals surface area contributed by atoms with Crippen LogP contribution in [0.15, 0.2) is 0 Å². The third kappa shape index (κ3) is 3.54. The summed E-state index contributed by atoms with van der Waals surface area (Å²) in [6.45, 7) is 0.566. The Kier molecular flexibility index (Phi) is 4.94. The number of nitrogens with zero attached hydrogens (tertiary/aromatic N) is 1. The van der Waals surface area contributed by atoms with Crippen molar-refractivity contribution in [2.24, 2.45) is 5.92 Å². The highest BCUT2D eigenvalue weighted by Crippen LogP contribution is 2.30. The lowest BCUT2D eigenvalue weighted by molar-refractivity contribution is -0.140. The van der Waals surface area contributed by atoms with Crippen LogP contribution in [-0.4, -0.2) is 43.0 Å². The van der Waals surface area contributed by atoms with E-state index < -0.39 is 27.2 Å². The molecule has 2 aliphatic carbocycles. The van der Waals surface area contributed by atoms with Crippen LogP contribution >= 0.6 is 0 Å². The maximum absolute atomic E-state index is 12.6. The van der Waals surface area contributed by atoms with Crippen molar-refractivity contribution < 1.29 is 18.0 Å². The molecule has 0 aromatic carbocycles. The second kappa shape index (κ2) is 6.79. The summed E-state index contributed by atoms with van der Waals surface area (Å²) in [6, 6.07) is -0.612. The van der Waals surface area contributed by atoms with Crippen molar-refractivity contribution in [2.45, 2.75) is 75.5 Å². The first-order valence-corrected chi connectivity index (χ1v) is 10.4. The fraction of sp³-hybridized carbons (Fsp3) is 0.875. The summed E-state index contributed by atoms with van der Waals surface area (Å²) in [6.07, 6.45) is 8.29. The first-order chi connectivity index (χ1) is 11.0. The zero-order valence-corrected chi connectivity index (χ0v) is 14.3. The van der Waals surface area contributed by atoms with Gasteiger partial charge in [0.15, 0.2) is 0 Å². The van der Waals surface area contributed by atoms with Gasteiger partial charge in [-0.3, -0.25) is 14.3 Å². The molecule has 3 aliphatic rings. The van der Waals surface area contributed by atoms with Gasteiger partial charge in [0.2, 0.25) is 15.9 Å².